The van der Waals surface area contributed by atoms with Crippen LogP contribution in [-0.2, 0) is 14.3 Å². The Balaban J connectivity index is 1.57. The molecule has 7 atom stereocenters. The zero-order chi connectivity index (χ0) is 17.3. The first kappa shape index (κ1) is 16.6. The van der Waals surface area contributed by atoms with E-state index in [4.69, 9.17) is 9.47 Å². The fourth-order valence-electron chi connectivity index (χ4n) is 6.22. The topological polar surface area (TPSA) is 59.1 Å². The molecular weight excluding hydrogens is 304 g/mol. The fourth-order valence-corrected chi connectivity index (χ4v) is 6.22. The molecule has 0 radical (unpaired) electrons. The highest BCUT2D eigenvalue weighted by molar-refractivity contribution is 5.85. The molecule has 0 unspecified atom stereocenters. The number of rotatable bonds is 3. The van der Waals surface area contributed by atoms with Gasteiger partial charge in [0.2, 0.25) is 6.29 Å². The van der Waals surface area contributed by atoms with E-state index in [1.54, 1.807) is 0 Å². The molecule has 2 aliphatic heterocycles. The Labute approximate surface area is 144 Å². The Hall–Kier alpha value is -0.870. The number of fused-ring (bicyclic) bond motifs is 3. The molecule has 1 saturated heterocycles. The first-order valence-corrected chi connectivity index (χ1v) is 9.48. The molecule has 2 aliphatic carbocycles. The van der Waals surface area contributed by atoms with E-state index in [0.717, 1.165) is 18.4 Å². The van der Waals surface area contributed by atoms with Crippen molar-refractivity contribution in [3.8, 4) is 0 Å². The van der Waals surface area contributed by atoms with Crippen molar-refractivity contribution in [3.63, 3.8) is 0 Å². The zero-order valence-corrected chi connectivity index (χ0v) is 15.3. The van der Waals surface area contributed by atoms with Gasteiger partial charge >= 0.3 is 5.97 Å². The molecule has 3 fully saturated rings. The normalized spacial score (nSPS) is 53.0. The van der Waals surface area contributed by atoms with Crippen LogP contribution >= 0.6 is 0 Å². The Morgan fingerprint density at radius 2 is 2.00 bits per heavy atom. The number of carbonyl (C=O) groups excluding carboxylic acids is 1. The van der Waals surface area contributed by atoms with E-state index in [1.807, 2.05) is 0 Å². The lowest BCUT2D eigenvalue weighted by Gasteiger charge is -2.59. The summed E-state index contributed by atoms with van der Waals surface area (Å²) in [4.78, 5) is 11.4. The van der Waals surface area contributed by atoms with Gasteiger partial charge in [-0.1, -0.05) is 20.8 Å². The van der Waals surface area contributed by atoms with E-state index in [9.17, 15) is 9.90 Å². The predicted molar refractivity (Wildman–Crippen MR) is 90.0 cm³/mol. The SMILES string of the molecule is C[C@@H]1CC[C@@]2(C)[C@H](CC[C@@H]3O[C@@]32C)[C@@]1(C)CCC1=CC(=O)O[C@H]1O. The average molecular weight is 334 g/mol. The van der Waals surface area contributed by atoms with Crippen LogP contribution in [0.25, 0.3) is 0 Å². The van der Waals surface area contributed by atoms with E-state index in [1.165, 1.54) is 31.8 Å². The second-order valence-corrected chi connectivity index (χ2v) is 9.21. The number of aliphatic hydroxyl groups excluding tert-OH is 1. The maximum absolute atomic E-state index is 11.4. The lowest BCUT2D eigenvalue weighted by atomic mass is 9.44. The highest BCUT2D eigenvalue weighted by Gasteiger charge is 2.71. The van der Waals surface area contributed by atoms with Gasteiger partial charge in [-0.15, -0.1) is 0 Å². The first-order valence-electron chi connectivity index (χ1n) is 9.48. The van der Waals surface area contributed by atoms with Gasteiger partial charge in [0.1, 0.15) is 0 Å². The van der Waals surface area contributed by atoms with Crippen molar-refractivity contribution in [1.29, 1.82) is 0 Å². The summed E-state index contributed by atoms with van der Waals surface area (Å²) in [5.41, 5.74) is 1.25. The van der Waals surface area contributed by atoms with Crippen LogP contribution in [0.1, 0.15) is 66.2 Å². The number of ether oxygens (including phenoxy) is 2. The van der Waals surface area contributed by atoms with Gasteiger partial charge in [-0.2, -0.15) is 0 Å². The van der Waals surface area contributed by atoms with Gasteiger partial charge in [0.15, 0.2) is 0 Å². The number of cyclic esters (lactones) is 1. The minimum atomic E-state index is -1.04. The minimum Gasteiger partial charge on any atom is -0.429 e. The van der Waals surface area contributed by atoms with Crippen molar-refractivity contribution in [2.24, 2.45) is 22.7 Å². The van der Waals surface area contributed by atoms with Gasteiger partial charge in [0.25, 0.3) is 0 Å². The predicted octanol–water partition coefficient (Wildman–Crippen LogP) is 3.58. The van der Waals surface area contributed by atoms with Crippen LogP contribution in [0.2, 0.25) is 0 Å². The molecule has 1 N–H and O–H groups in total. The second-order valence-electron chi connectivity index (χ2n) is 9.21. The molecule has 2 heterocycles. The van der Waals surface area contributed by atoms with Crippen molar-refractivity contribution in [2.75, 3.05) is 0 Å². The van der Waals surface area contributed by atoms with Crippen LogP contribution in [0.5, 0.6) is 0 Å². The van der Waals surface area contributed by atoms with Gasteiger partial charge in [0, 0.05) is 17.1 Å². The number of epoxide rings is 1. The standard InChI is InChI=1S/C20H30O4/c1-12-7-10-19(3)14(5-6-15-20(19,4)24-15)18(12,2)9-8-13-11-16(21)23-17(13)22/h11-12,14-15,17,22H,5-10H2,1-4H3/t12-,14-,15+,17-,18+,19+,20+/m1/s1. The third kappa shape index (κ3) is 2.08. The van der Waals surface area contributed by atoms with Crippen molar-refractivity contribution in [2.45, 2.75) is 84.2 Å². The number of carbonyl (C=O) groups is 1. The molecule has 4 aliphatic rings. The number of hydrogen-bond donors (Lipinski definition) is 1. The Morgan fingerprint density at radius 3 is 2.67 bits per heavy atom. The monoisotopic (exact) mass is 334 g/mol. The summed E-state index contributed by atoms with van der Waals surface area (Å²) in [6.45, 7) is 9.56. The third-order valence-electron chi connectivity index (χ3n) is 8.38. The Bertz CT molecular complexity index is 598. The van der Waals surface area contributed by atoms with Crippen LogP contribution < -0.4 is 0 Å². The highest BCUT2D eigenvalue weighted by atomic mass is 16.6. The molecule has 0 aromatic carbocycles. The average Bonchev–Trinajstić information content (AvgIpc) is 3.10. The third-order valence-corrected chi connectivity index (χ3v) is 8.38. The maximum atomic E-state index is 11.4. The van der Waals surface area contributed by atoms with Crippen LogP contribution in [-0.4, -0.2) is 29.1 Å². The smallest absolute Gasteiger partial charge is 0.333 e. The van der Waals surface area contributed by atoms with Crippen LogP contribution in [0.15, 0.2) is 11.6 Å². The summed E-state index contributed by atoms with van der Waals surface area (Å²) in [7, 11) is 0. The van der Waals surface area contributed by atoms with Crippen LogP contribution in [0, 0.1) is 22.7 Å². The Morgan fingerprint density at radius 1 is 1.25 bits per heavy atom. The van der Waals surface area contributed by atoms with E-state index >= 15 is 0 Å². The van der Waals surface area contributed by atoms with Gasteiger partial charge < -0.3 is 14.6 Å². The van der Waals surface area contributed by atoms with Crippen molar-refractivity contribution in [1.82, 2.24) is 0 Å². The maximum Gasteiger partial charge on any atom is 0.333 e. The zero-order valence-electron chi connectivity index (χ0n) is 15.3. The second kappa shape index (κ2) is 5.07. The molecule has 0 bridgehead atoms. The largest absolute Gasteiger partial charge is 0.429 e. The van der Waals surface area contributed by atoms with Gasteiger partial charge in [-0.25, -0.2) is 4.79 Å². The molecule has 0 aromatic rings. The van der Waals surface area contributed by atoms with Crippen molar-refractivity contribution < 1.29 is 19.4 Å². The fraction of sp³-hybridized carbons (Fsp3) is 0.850. The molecule has 0 amide bonds. The van der Waals surface area contributed by atoms with Gasteiger partial charge in [0.05, 0.1) is 11.7 Å². The Kier molecular flexibility index (Phi) is 3.51. The molecule has 0 aromatic heterocycles. The van der Waals surface area contributed by atoms with Gasteiger partial charge in [-0.05, 0) is 62.7 Å². The first-order chi connectivity index (χ1) is 11.2. The molecule has 2 saturated carbocycles. The van der Waals surface area contributed by atoms with E-state index in [-0.39, 0.29) is 16.4 Å². The summed E-state index contributed by atoms with van der Waals surface area (Å²) in [5.74, 6) is 0.863. The molecule has 24 heavy (non-hydrogen) atoms. The summed E-state index contributed by atoms with van der Waals surface area (Å²) in [6, 6.07) is 0. The van der Waals surface area contributed by atoms with E-state index < -0.39 is 12.3 Å². The molecular formula is C20H30O4. The molecule has 4 rings (SSSR count). The summed E-state index contributed by atoms with van der Waals surface area (Å²) in [5, 5.41) is 9.88. The molecule has 0 spiro atoms. The highest BCUT2D eigenvalue weighted by Crippen LogP contribution is 2.70. The van der Waals surface area contributed by atoms with E-state index in [0.29, 0.717) is 17.9 Å². The molecule has 4 nitrogen and oxygen atoms in total. The summed E-state index contributed by atoms with van der Waals surface area (Å²) in [6.07, 6.45) is 7.51. The van der Waals surface area contributed by atoms with Crippen molar-refractivity contribution in [3.05, 3.63) is 11.6 Å². The van der Waals surface area contributed by atoms with Crippen molar-refractivity contribution >= 4 is 5.97 Å². The molecule has 134 valence electrons. The molecule has 4 heteroatoms. The van der Waals surface area contributed by atoms with Crippen LogP contribution in [0.3, 0.4) is 0 Å². The van der Waals surface area contributed by atoms with Crippen LogP contribution in [0.4, 0.5) is 0 Å². The minimum absolute atomic E-state index is 0.0581. The number of hydrogen-bond acceptors (Lipinski definition) is 4. The summed E-state index contributed by atoms with van der Waals surface area (Å²) >= 11 is 0. The number of esters is 1. The van der Waals surface area contributed by atoms with E-state index in [2.05, 4.69) is 27.7 Å². The summed E-state index contributed by atoms with van der Waals surface area (Å²) < 4.78 is 11.0. The van der Waals surface area contributed by atoms with Gasteiger partial charge in [-0.3, -0.25) is 0 Å². The lowest BCUT2D eigenvalue weighted by Crippen LogP contribution is -2.56. The number of aliphatic hydroxyl groups is 1. The lowest BCUT2D eigenvalue weighted by molar-refractivity contribution is -0.151. The quantitative estimate of drug-likeness (QED) is 0.633.